The van der Waals surface area contributed by atoms with Gasteiger partial charge in [-0.05, 0) is 24.8 Å². The zero-order valence-electron chi connectivity index (χ0n) is 13.3. The van der Waals surface area contributed by atoms with Gasteiger partial charge in [0.1, 0.15) is 0 Å². The number of benzene rings is 1. The maximum absolute atomic E-state index is 12.0. The van der Waals surface area contributed by atoms with Gasteiger partial charge < -0.3 is 19.7 Å². The summed E-state index contributed by atoms with van der Waals surface area (Å²) in [5, 5.41) is 20.1. The number of carbonyl (C=O) groups excluding carboxylic acids is 2. The van der Waals surface area contributed by atoms with Crippen molar-refractivity contribution in [3.63, 3.8) is 0 Å². The van der Waals surface area contributed by atoms with Crippen LogP contribution >= 0.6 is 0 Å². The minimum absolute atomic E-state index is 0.196. The van der Waals surface area contributed by atoms with E-state index in [9.17, 15) is 19.5 Å². The number of hydrogen-bond donors (Lipinski definition) is 1. The van der Waals surface area contributed by atoms with Crippen molar-refractivity contribution in [2.75, 3.05) is 0 Å². The molecular weight excluding hydrogens is 300 g/mol. The van der Waals surface area contributed by atoms with Gasteiger partial charge in [-0.3, -0.25) is 0 Å². The molecule has 0 aliphatic rings. The van der Waals surface area contributed by atoms with Crippen LogP contribution in [0, 0.1) is 5.92 Å². The van der Waals surface area contributed by atoms with Crippen molar-refractivity contribution in [3.05, 3.63) is 35.4 Å². The van der Waals surface area contributed by atoms with E-state index in [4.69, 9.17) is 9.84 Å². The summed E-state index contributed by atoms with van der Waals surface area (Å²) in [5.41, 5.74) is -0.526. The number of unbranched alkanes of at least 4 members (excludes halogenated alkanes) is 1. The second kappa shape index (κ2) is 8.92. The lowest BCUT2D eigenvalue weighted by Gasteiger charge is -2.16. The number of carbonyl (C=O) groups is 3. The van der Waals surface area contributed by atoms with Gasteiger partial charge in [0.2, 0.25) is 0 Å². The predicted octanol–water partition coefficient (Wildman–Crippen LogP) is 1.88. The number of carboxylic acid groups (broad SMARTS) is 2. The van der Waals surface area contributed by atoms with Crippen molar-refractivity contribution in [1.29, 1.82) is 0 Å². The molecule has 0 radical (unpaired) electrons. The molecule has 0 aliphatic carbocycles. The third kappa shape index (κ3) is 6.10. The molecule has 1 aromatic carbocycles. The first-order valence-corrected chi connectivity index (χ1v) is 7.57. The molecule has 0 saturated carbocycles. The lowest BCUT2D eigenvalue weighted by Crippen LogP contribution is -2.29. The predicted molar refractivity (Wildman–Crippen MR) is 80.9 cm³/mol. The minimum Gasteiger partial charge on any atom is -0.545 e. The number of hydrogen-bond acceptors (Lipinski definition) is 5. The van der Waals surface area contributed by atoms with E-state index < -0.39 is 24.0 Å². The van der Waals surface area contributed by atoms with E-state index in [1.165, 1.54) is 24.3 Å². The summed E-state index contributed by atoms with van der Waals surface area (Å²) in [6.07, 6.45) is 1.33. The van der Waals surface area contributed by atoms with Gasteiger partial charge in [-0.1, -0.05) is 44.9 Å². The number of rotatable bonds is 9. The molecule has 6 heteroatoms. The molecular formula is C17H21O6-. The van der Waals surface area contributed by atoms with E-state index in [1.54, 1.807) is 0 Å². The van der Waals surface area contributed by atoms with Crippen LogP contribution in [-0.2, 0) is 9.53 Å². The maximum atomic E-state index is 12.0. The Hall–Kier alpha value is -2.37. The topological polar surface area (TPSA) is 104 Å². The van der Waals surface area contributed by atoms with E-state index in [2.05, 4.69) is 13.8 Å². The van der Waals surface area contributed by atoms with E-state index >= 15 is 0 Å². The van der Waals surface area contributed by atoms with Crippen molar-refractivity contribution < 1.29 is 29.3 Å². The highest BCUT2D eigenvalue weighted by molar-refractivity contribution is 6.02. The first-order valence-electron chi connectivity index (χ1n) is 7.57. The molecule has 1 atom stereocenters. The average Bonchev–Trinajstić information content (AvgIpc) is 2.49. The van der Waals surface area contributed by atoms with Crippen molar-refractivity contribution in [2.24, 2.45) is 5.92 Å². The van der Waals surface area contributed by atoms with Crippen LogP contribution in [0.25, 0.3) is 0 Å². The highest BCUT2D eigenvalue weighted by atomic mass is 16.6. The molecule has 0 aliphatic heterocycles. The van der Waals surface area contributed by atoms with E-state index in [-0.39, 0.29) is 17.5 Å². The van der Waals surface area contributed by atoms with Crippen LogP contribution in [0.2, 0.25) is 0 Å². The fraction of sp³-hybridized carbons (Fsp3) is 0.471. The summed E-state index contributed by atoms with van der Waals surface area (Å²) >= 11 is 0. The lowest BCUT2D eigenvalue weighted by atomic mass is 10.0. The Bertz CT molecular complexity index is 564. The molecule has 0 bridgehead atoms. The molecule has 126 valence electrons. The van der Waals surface area contributed by atoms with Crippen LogP contribution in [0.1, 0.15) is 60.2 Å². The van der Waals surface area contributed by atoms with Crippen LogP contribution in [-0.4, -0.2) is 29.1 Å². The summed E-state index contributed by atoms with van der Waals surface area (Å²) in [7, 11) is 0. The van der Waals surface area contributed by atoms with Gasteiger partial charge in [0.25, 0.3) is 0 Å². The van der Waals surface area contributed by atoms with Crippen LogP contribution in [0.15, 0.2) is 24.3 Å². The van der Waals surface area contributed by atoms with Crippen LogP contribution in [0.3, 0.4) is 0 Å². The van der Waals surface area contributed by atoms with E-state index in [0.29, 0.717) is 12.3 Å². The van der Waals surface area contributed by atoms with Gasteiger partial charge in [-0.25, -0.2) is 9.59 Å². The Balaban J connectivity index is 2.71. The Kier molecular flexibility index (Phi) is 7.25. The second-order valence-corrected chi connectivity index (χ2v) is 5.74. The second-order valence-electron chi connectivity index (χ2n) is 5.74. The van der Waals surface area contributed by atoms with Gasteiger partial charge in [0, 0.05) is 5.56 Å². The third-order valence-electron chi connectivity index (χ3n) is 3.39. The molecule has 1 rings (SSSR count). The van der Waals surface area contributed by atoms with Crippen molar-refractivity contribution in [3.8, 4) is 0 Å². The first kappa shape index (κ1) is 18.7. The van der Waals surface area contributed by atoms with Crippen molar-refractivity contribution in [2.45, 2.75) is 45.6 Å². The van der Waals surface area contributed by atoms with E-state index in [0.717, 1.165) is 12.8 Å². The van der Waals surface area contributed by atoms with E-state index in [1.807, 2.05) is 0 Å². The summed E-state index contributed by atoms with van der Waals surface area (Å²) in [6.45, 7) is 4.15. The standard InChI is InChI=1S/C17H22O6/c1-11(2)7-3-6-10-14(16(20)21)23-17(22)13-9-5-4-8-12(13)15(18)19/h4-5,8-9,11,14H,3,6-7,10H2,1-2H3,(H,18,19)(H,20,21)/p-1. The smallest absolute Gasteiger partial charge is 0.345 e. The largest absolute Gasteiger partial charge is 0.545 e. The van der Waals surface area contributed by atoms with Crippen molar-refractivity contribution >= 4 is 17.9 Å². The fourth-order valence-electron chi connectivity index (χ4n) is 2.15. The maximum Gasteiger partial charge on any atom is 0.345 e. The van der Waals surface area contributed by atoms with Crippen molar-refractivity contribution in [1.82, 2.24) is 0 Å². The Morgan fingerprint density at radius 3 is 2.17 bits per heavy atom. The summed E-state index contributed by atoms with van der Waals surface area (Å²) in [4.78, 5) is 34.2. The Morgan fingerprint density at radius 2 is 1.65 bits per heavy atom. The highest BCUT2D eigenvalue weighted by Gasteiger charge is 2.24. The van der Waals surface area contributed by atoms with Gasteiger partial charge in [0.05, 0.1) is 11.5 Å². The molecule has 0 heterocycles. The first-order chi connectivity index (χ1) is 10.8. The van der Waals surface area contributed by atoms with Crippen LogP contribution < -0.4 is 5.11 Å². The van der Waals surface area contributed by atoms with Gasteiger partial charge in [-0.15, -0.1) is 0 Å². The zero-order valence-corrected chi connectivity index (χ0v) is 13.3. The molecule has 6 nitrogen and oxygen atoms in total. The Morgan fingerprint density at radius 1 is 1.09 bits per heavy atom. The molecule has 1 unspecified atom stereocenters. The van der Waals surface area contributed by atoms with Gasteiger partial charge in [-0.2, -0.15) is 0 Å². The molecule has 0 spiro atoms. The fourth-order valence-corrected chi connectivity index (χ4v) is 2.15. The number of carboxylic acids is 2. The molecule has 0 amide bonds. The minimum atomic E-state index is -1.51. The van der Waals surface area contributed by atoms with Gasteiger partial charge >= 0.3 is 11.9 Å². The number of aromatic carboxylic acids is 1. The average molecular weight is 321 g/mol. The molecule has 0 saturated heterocycles. The summed E-state index contributed by atoms with van der Waals surface area (Å²) in [5.74, 6) is -3.20. The Labute approximate surface area is 135 Å². The number of aliphatic carboxylic acids is 1. The SMILES string of the molecule is CC(C)CCCCC(OC(=O)c1ccccc1C(=O)[O-])C(=O)O. The molecule has 0 aromatic heterocycles. The lowest BCUT2D eigenvalue weighted by molar-refractivity contribution is -0.255. The van der Waals surface area contributed by atoms with Gasteiger partial charge in [0.15, 0.2) is 6.10 Å². The normalized spacial score (nSPS) is 12.0. The van der Waals surface area contributed by atoms with Crippen LogP contribution in [0.5, 0.6) is 0 Å². The monoisotopic (exact) mass is 321 g/mol. The number of ether oxygens (including phenoxy) is 1. The molecule has 23 heavy (non-hydrogen) atoms. The van der Waals surface area contributed by atoms with Crippen LogP contribution in [0.4, 0.5) is 0 Å². The summed E-state index contributed by atoms with van der Waals surface area (Å²) < 4.78 is 4.97. The molecule has 0 fully saturated rings. The molecule has 1 aromatic rings. The number of esters is 1. The quantitative estimate of drug-likeness (QED) is 0.550. The summed E-state index contributed by atoms with van der Waals surface area (Å²) in [6, 6.07) is 5.40. The molecule has 1 N–H and O–H groups in total. The highest BCUT2D eigenvalue weighted by Crippen LogP contribution is 2.15. The third-order valence-corrected chi connectivity index (χ3v) is 3.39. The zero-order chi connectivity index (χ0) is 17.4.